The van der Waals surface area contributed by atoms with E-state index in [0.29, 0.717) is 0 Å². The van der Waals surface area contributed by atoms with Gasteiger partial charge in [-0.05, 0) is 60.6 Å². The van der Waals surface area contributed by atoms with Crippen LogP contribution < -0.4 is 5.19 Å². The standard InChI is InChI=1S/C39H32N4Si.Pt/c1-39(2,35-24-26-12-6-7-13-28(26)36(42-35)25-18-20-27(21-19-25)44(3,4)5)34-23-22-33-37(41-34)29-14-8-9-15-30(29)38-40-31-16-10-11-17-32(31)43(33)38;/h6-13,15-18,20-24H,1-5H3;/q-2;+2. The Kier molecular flexibility index (Phi) is 7.03. The molecule has 4 nitrogen and oxygen atoms in total. The molecule has 0 bridgehead atoms. The Morgan fingerprint density at radius 3 is 2.29 bits per heavy atom. The van der Waals surface area contributed by atoms with Crippen LogP contribution in [0.25, 0.3) is 60.5 Å². The molecule has 4 heterocycles. The molecule has 0 aliphatic rings. The molecule has 0 aliphatic carbocycles. The normalized spacial score (nSPS) is 12.4. The number of fused-ring (bicyclic) bond motifs is 9. The van der Waals surface area contributed by atoms with E-state index in [1.54, 1.807) is 0 Å². The second kappa shape index (κ2) is 10.7. The molecule has 0 saturated carbocycles. The van der Waals surface area contributed by atoms with E-state index in [1.165, 1.54) is 5.19 Å². The van der Waals surface area contributed by atoms with Gasteiger partial charge < -0.3 is 4.40 Å². The van der Waals surface area contributed by atoms with E-state index in [1.807, 2.05) is 18.2 Å². The molecule has 0 N–H and O–H groups in total. The van der Waals surface area contributed by atoms with Crippen LogP contribution in [-0.4, -0.2) is 27.4 Å². The van der Waals surface area contributed by atoms with Crippen molar-refractivity contribution in [3.63, 3.8) is 0 Å². The number of imidazole rings is 1. The van der Waals surface area contributed by atoms with Crippen molar-refractivity contribution in [1.82, 2.24) is 19.4 Å². The zero-order valence-corrected chi connectivity index (χ0v) is 29.2. The molecule has 0 unspecified atom stereocenters. The second-order valence-corrected chi connectivity index (χ2v) is 18.3. The van der Waals surface area contributed by atoms with E-state index in [2.05, 4.69) is 135 Å². The maximum Gasteiger partial charge on any atom is 2.00 e. The van der Waals surface area contributed by atoms with Crippen LogP contribution in [-0.2, 0) is 26.5 Å². The number of benzene rings is 4. The van der Waals surface area contributed by atoms with Crippen LogP contribution in [0.15, 0.2) is 103 Å². The summed E-state index contributed by atoms with van der Waals surface area (Å²) in [6, 6.07) is 43.2. The third kappa shape index (κ3) is 4.72. The number of pyridine rings is 3. The maximum absolute atomic E-state index is 5.39. The van der Waals surface area contributed by atoms with E-state index in [4.69, 9.17) is 15.0 Å². The third-order valence-corrected chi connectivity index (χ3v) is 11.0. The summed E-state index contributed by atoms with van der Waals surface area (Å²) >= 11 is 0. The minimum absolute atomic E-state index is 0. The molecular weight excluding hydrogens is 748 g/mol. The molecule has 4 aromatic heterocycles. The van der Waals surface area contributed by atoms with Gasteiger partial charge in [-0.15, -0.1) is 64.7 Å². The molecule has 222 valence electrons. The van der Waals surface area contributed by atoms with Gasteiger partial charge in [-0.1, -0.05) is 61.4 Å². The summed E-state index contributed by atoms with van der Waals surface area (Å²) in [5.74, 6) is 0. The Bertz CT molecular complexity index is 2400. The largest absolute Gasteiger partial charge is 2.00 e. The van der Waals surface area contributed by atoms with Crippen LogP contribution in [0.4, 0.5) is 0 Å². The Morgan fingerprint density at radius 2 is 1.49 bits per heavy atom. The van der Waals surface area contributed by atoms with Crippen LogP contribution in [0.2, 0.25) is 19.6 Å². The van der Waals surface area contributed by atoms with E-state index >= 15 is 0 Å². The predicted molar refractivity (Wildman–Crippen MR) is 185 cm³/mol. The summed E-state index contributed by atoms with van der Waals surface area (Å²) in [4.78, 5) is 15.7. The maximum atomic E-state index is 5.39. The van der Waals surface area contributed by atoms with E-state index in [-0.39, 0.29) is 21.1 Å². The molecule has 0 spiro atoms. The summed E-state index contributed by atoms with van der Waals surface area (Å²) < 4.78 is 2.23. The van der Waals surface area contributed by atoms with Crippen LogP contribution in [0.3, 0.4) is 0 Å². The first-order valence-electron chi connectivity index (χ1n) is 15.1. The molecule has 8 aromatic rings. The fraction of sp³-hybridized carbons (Fsp3) is 0.154. The van der Waals surface area contributed by atoms with Gasteiger partial charge in [0.05, 0.1) is 11.0 Å². The first kappa shape index (κ1) is 29.5. The summed E-state index contributed by atoms with van der Waals surface area (Å²) in [6.07, 6.45) is 0. The van der Waals surface area contributed by atoms with Crippen molar-refractivity contribution in [1.29, 1.82) is 0 Å². The molecule has 45 heavy (non-hydrogen) atoms. The van der Waals surface area contributed by atoms with Crippen molar-refractivity contribution in [2.75, 3.05) is 0 Å². The Hall–Kier alpha value is -4.18. The predicted octanol–water partition coefficient (Wildman–Crippen LogP) is 8.87. The van der Waals surface area contributed by atoms with Crippen molar-refractivity contribution in [3.8, 4) is 11.3 Å². The number of rotatable bonds is 4. The van der Waals surface area contributed by atoms with E-state index in [9.17, 15) is 0 Å². The zero-order chi connectivity index (χ0) is 30.2. The van der Waals surface area contributed by atoms with Crippen molar-refractivity contribution >= 4 is 62.5 Å². The molecule has 0 radical (unpaired) electrons. The average molecular weight is 780 g/mol. The number of hydrogen-bond acceptors (Lipinski definition) is 3. The summed E-state index contributed by atoms with van der Waals surface area (Å²) in [7, 11) is -1.43. The Morgan fingerprint density at radius 1 is 0.711 bits per heavy atom. The van der Waals surface area contributed by atoms with Gasteiger partial charge in [0, 0.05) is 35.9 Å². The summed E-state index contributed by atoms with van der Waals surface area (Å²) in [5, 5.41) is 5.71. The molecule has 8 rings (SSSR count). The summed E-state index contributed by atoms with van der Waals surface area (Å²) in [5.41, 5.74) is 8.34. The van der Waals surface area contributed by atoms with E-state index in [0.717, 1.165) is 71.9 Å². The van der Waals surface area contributed by atoms with Gasteiger partial charge in [-0.2, -0.15) is 0 Å². The molecular formula is C39H32N4PtSi. The molecule has 0 amide bonds. The van der Waals surface area contributed by atoms with Crippen LogP contribution in [0.5, 0.6) is 0 Å². The van der Waals surface area contributed by atoms with Crippen LogP contribution in [0, 0.1) is 12.1 Å². The van der Waals surface area contributed by atoms with Crippen molar-refractivity contribution < 1.29 is 21.1 Å². The fourth-order valence-electron chi connectivity index (χ4n) is 6.33. The van der Waals surface area contributed by atoms with Gasteiger partial charge in [-0.3, -0.25) is 9.97 Å². The molecule has 0 fully saturated rings. The van der Waals surface area contributed by atoms with Crippen molar-refractivity contribution in [2.24, 2.45) is 0 Å². The minimum Gasteiger partial charge on any atom is -0.307 e. The second-order valence-electron chi connectivity index (χ2n) is 13.2. The minimum atomic E-state index is -1.43. The topological polar surface area (TPSA) is 43.1 Å². The molecule has 0 saturated heterocycles. The number of para-hydroxylation sites is 2. The average Bonchev–Trinajstić information content (AvgIpc) is 3.44. The fourth-order valence-corrected chi connectivity index (χ4v) is 7.42. The van der Waals surface area contributed by atoms with Gasteiger partial charge in [0.1, 0.15) is 5.65 Å². The van der Waals surface area contributed by atoms with Crippen LogP contribution in [0.1, 0.15) is 25.2 Å². The van der Waals surface area contributed by atoms with Gasteiger partial charge in [0.15, 0.2) is 0 Å². The van der Waals surface area contributed by atoms with Crippen molar-refractivity contribution in [3.05, 3.63) is 127 Å². The number of hydrogen-bond donors (Lipinski definition) is 0. The smallest absolute Gasteiger partial charge is 0.307 e. The first-order chi connectivity index (χ1) is 21.2. The monoisotopic (exact) mass is 779 g/mol. The molecule has 0 atom stereocenters. The van der Waals surface area contributed by atoms with E-state index < -0.39 is 13.5 Å². The number of aromatic nitrogens is 4. The first-order valence-corrected chi connectivity index (χ1v) is 18.6. The molecule has 0 aliphatic heterocycles. The van der Waals surface area contributed by atoms with Gasteiger partial charge in [0.2, 0.25) is 0 Å². The summed E-state index contributed by atoms with van der Waals surface area (Å²) in [6.45, 7) is 11.5. The number of nitrogens with zero attached hydrogens (tertiary/aromatic N) is 4. The molecule has 4 aromatic carbocycles. The zero-order valence-electron chi connectivity index (χ0n) is 25.9. The third-order valence-electron chi connectivity index (χ3n) is 8.96. The Labute approximate surface area is 278 Å². The van der Waals surface area contributed by atoms with Gasteiger partial charge in [-0.25, -0.2) is 4.98 Å². The van der Waals surface area contributed by atoms with Gasteiger partial charge in [0.25, 0.3) is 0 Å². The molecule has 6 heteroatoms. The SMILES string of the molecule is CC(C)(c1cc2ccccc2c(-c2[c-]cc([Si](C)(C)C)cc2)n1)c1ccc2c(n1)c1[c-]cccc1c1nc3ccccc3n21.[Pt+2]. The van der Waals surface area contributed by atoms with Crippen LogP contribution >= 0.6 is 0 Å². The Balaban J connectivity index is 0.00000325. The van der Waals surface area contributed by atoms with Crippen molar-refractivity contribution in [2.45, 2.75) is 38.9 Å². The quantitative estimate of drug-likeness (QED) is 0.102. The van der Waals surface area contributed by atoms with Gasteiger partial charge >= 0.3 is 21.1 Å².